The van der Waals surface area contributed by atoms with E-state index < -0.39 is 0 Å². The molecule has 94 valence electrons. The molecule has 17 heavy (non-hydrogen) atoms. The van der Waals surface area contributed by atoms with Crippen molar-refractivity contribution in [3.05, 3.63) is 29.3 Å². The van der Waals surface area contributed by atoms with E-state index >= 15 is 0 Å². The van der Waals surface area contributed by atoms with E-state index in [1.165, 1.54) is 30.4 Å². The van der Waals surface area contributed by atoms with Crippen LogP contribution in [0.15, 0.2) is 18.2 Å². The Labute approximate surface area is 104 Å². The summed E-state index contributed by atoms with van der Waals surface area (Å²) in [5.74, 6) is 0.960. The summed E-state index contributed by atoms with van der Waals surface area (Å²) in [6.45, 7) is 4.44. The second-order valence-corrected chi connectivity index (χ2v) is 5.62. The highest BCUT2D eigenvalue weighted by Crippen LogP contribution is 2.41. The number of hydrogen-bond acceptors (Lipinski definition) is 2. The van der Waals surface area contributed by atoms with Gasteiger partial charge in [-0.25, -0.2) is 0 Å². The third-order valence-electron chi connectivity index (χ3n) is 3.91. The maximum Gasteiger partial charge on any atom is 0.119 e. The molecule has 0 saturated heterocycles. The predicted molar refractivity (Wildman–Crippen MR) is 71.6 cm³/mol. The van der Waals surface area contributed by atoms with Gasteiger partial charge in [0.25, 0.3) is 0 Å². The summed E-state index contributed by atoms with van der Waals surface area (Å²) in [7, 11) is 1.73. The Hall–Kier alpha value is -1.02. The highest BCUT2D eigenvalue weighted by atomic mass is 16.5. The predicted octanol–water partition coefficient (Wildman–Crippen LogP) is 3.03. The molecule has 0 aliphatic heterocycles. The second kappa shape index (κ2) is 4.69. The number of benzene rings is 1. The topological polar surface area (TPSA) is 35.2 Å². The zero-order chi connectivity index (χ0) is 12.5. The lowest BCUT2D eigenvalue weighted by Gasteiger charge is -2.37. The van der Waals surface area contributed by atoms with Crippen LogP contribution in [-0.4, -0.2) is 13.2 Å². The van der Waals surface area contributed by atoms with Crippen LogP contribution in [0.5, 0.6) is 5.75 Å². The average molecular weight is 233 g/mol. The molecule has 2 heteroatoms. The smallest absolute Gasteiger partial charge is 0.119 e. The highest BCUT2D eigenvalue weighted by molar-refractivity contribution is 5.42. The van der Waals surface area contributed by atoms with Gasteiger partial charge in [0.15, 0.2) is 0 Å². The van der Waals surface area contributed by atoms with Crippen molar-refractivity contribution in [2.75, 3.05) is 7.11 Å². The van der Waals surface area contributed by atoms with Crippen molar-refractivity contribution in [2.24, 2.45) is 5.73 Å². The molecule has 1 aromatic rings. The van der Waals surface area contributed by atoms with Gasteiger partial charge in [0, 0.05) is 6.04 Å². The van der Waals surface area contributed by atoms with E-state index in [1.54, 1.807) is 7.11 Å². The molecule has 1 aliphatic carbocycles. The van der Waals surface area contributed by atoms with Crippen LogP contribution in [0.1, 0.15) is 44.2 Å². The highest BCUT2D eigenvalue weighted by Gasteiger charge is 2.32. The third-order valence-corrected chi connectivity index (χ3v) is 3.91. The SMILES string of the molecule is COc1ccc2c(c1)C(C)(CC(C)N)CCC2. The number of aryl methyl sites for hydroxylation is 1. The van der Waals surface area contributed by atoms with Gasteiger partial charge >= 0.3 is 0 Å². The summed E-state index contributed by atoms with van der Waals surface area (Å²) in [5, 5.41) is 0. The molecule has 2 nitrogen and oxygen atoms in total. The van der Waals surface area contributed by atoms with Crippen LogP contribution >= 0.6 is 0 Å². The number of hydrogen-bond donors (Lipinski definition) is 1. The van der Waals surface area contributed by atoms with Crippen molar-refractivity contribution in [3.8, 4) is 5.75 Å². The van der Waals surface area contributed by atoms with Crippen molar-refractivity contribution >= 4 is 0 Å². The molecule has 0 aromatic heterocycles. The lowest BCUT2D eigenvalue weighted by molar-refractivity contribution is 0.340. The van der Waals surface area contributed by atoms with E-state index in [4.69, 9.17) is 10.5 Å². The Morgan fingerprint density at radius 1 is 1.47 bits per heavy atom. The van der Waals surface area contributed by atoms with E-state index in [0.29, 0.717) is 0 Å². The average Bonchev–Trinajstić information content (AvgIpc) is 2.28. The molecule has 2 unspecified atom stereocenters. The lowest BCUT2D eigenvalue weighted by atomic mass is 9.68. The van der Waals surface area contributed by atoms with Crippen LogP contribution in [0.4, 0.5) is 0 Å². The zero-order valence-corrected chi connectivity index (χ0v) is 11.1. The van der Waals surface area contributed by atoms with Crippen LogP contribution in [0.2, 0.25) is 0 Å². The normalized spacial score (nSPS) is 25.2. The molecule has 0 saturated carbocycles. The van der Waals surface area contributed by atoms with Gasteiger partial charge in [0.2, 0.25) is 0 Å². The molecule has 0 radical (unpaired) electrons. The molecule has 0 amide bonds. The Kier molecular flexibility index (Phi) is 3.43. The molecular formula is C15H23NO. The fourth-order valence-electron chi connectivity index (χ4n) is 3.19. The second-order valence-electron chi connectivity index (χ2n) is 5.62. The van der Waals surface area contributed by atoms with Gasteiger partial charge in [-0.2, -0.15) is 0 Å². The summed E-state index contributed by atoms with van der Waals surface area (Å²) in [4.78, 5) is 0. The van der Waals surface area contributed by atoms with Gasteiger partial charge < -0.3 is 10.5 Å². The summed E-state index contributed by atoms with van der Waals surface area (Å²) in [6, 6.07) is 6.73. The van der Waals surface area contributed by atoms with Crippen LogP contribution in [0.25, 0.3) is 0 Å². The maximum atomic E-state index is 6.00. The van der Waals surface area contributed by atoms with E-state index in [9.17, 15) is 0 Å². The van der Waals surface area contributed by atoms with Gasteiger partial charge in [0.05, 0.1) is 7.11 Å². The molecule has 0 heterocycles. The van der Waals surface area contributed by atoms with Gasteiger partial charge in [-0.3, -0.25) is 0 Å². The maximum absolute atomic E-state index is 6.00. The molecule has 1 aliphatic rings. The minimum absolute atomic E-state index is 0.219. The fraction of sp³-hybridized carbons (Fsp3) is 0.600. The lowest BCUT2D eigenvalue weighted by Crippen LogP contribution is -2.34. The van der Waals surface area contributed by atoms with Gasteiger partial charge in [0.1, 0.15) is 5.75 Å². The van der Waals surface area contributed by atoms with Crippen molar-refractivity contribution in [2.45, 2.75) is 51.0 Å². The molecule has 0 fully saturated rings. The van der Waals surface area contributed by atoms with E-state index in [2.05, 4.69) is 32.0 Å². The Morgan fingerprint density at radius 3 is 2.88 bits per heavy atom. The largest absolute Gasteiger partial charge is 0.497 e. The number of methoxy groups -OCH3 is 1. The summed E-state index contributed by atoms with van der Waals surface area (Å²) in [5.41, 5.74) is 9.14. The number of nitrogens with two attached hydrogens (primary N) is 1. The van der Waals surface area contributed by atoms with Gasteiger partial charge in [-0.05, 0) is 61.3 Å². The molecule has 0 spiro atoms. The van der Waals surface area contributed by atoms with Crippen LogP contribution in [0.3, 0.4) is 0 Å². The summed E-state index contributed by atoms with van der Waals surface area (Å²) < 4.78 is 5.35. The standard InChI is InChI=1S/C15H23NO/c1-11(16)10-15(2)8-4-5-12-6-7-13(17-3)9-14(12)15/h6-7,9,11H,4-5,8,10,16H2,1-3H3. The monoisotopic (exact) mass is 233 g/mol. The fourth-order valence-corrected chi connectivity index (χ4v) is 3.19. The van der Waals surface area contributed by atoms with Crippen LogP contribution in [-0.2, 0) is 11.8 Å². The number of ether oxygens (including phenoxy) is 1. The van der Waals surface area contributed by atoms with Gasteiger partial charge in [-0.1, -0.05) is 13.0 Å². The molecule has 0 bridgehead atoms. The first-order valence-corrected chi connectivity index (χ1v) is 6.48. The van der Waals surface area contributed by atoms with E-state index in [-0.39, 0.29) is 11.5 Å². The first kappa shape index (κ1) is 12.4. The quantitative estimate of drug-likeness (QED) is 0.871. The minimum atomic E-state index is 0.219. The van der Waals surface area contributed by atoms with Crippen molar-refractivity contribution in [3.63, 3.8) is 0 Å². The Bertz CT molecular complexity index is 400. The Balaban J connectivity index is 2.41. The zero-order valence-electron chi connectivity index (χ0n) is 11.1. The van der Waals surface area contributed by atoms with Crippen molar-refractivity contribution < 1.29 is 4.74 Å². The van der Waals surface area contributed by atoms with Crippen LogP contribution < -0.4 is 10.5 Å². The van der Waals surface area contributed by atoms with E-state index in [1.807, 2.05) is 0 Å². The first-order valence-electron chi connectivity index (χ1n) is 6.48. The molecule has 2 N–H and O–H groups in total. The third kappa shape index (κ3) is 2.47. The van der Waals surface area contributed by atoms with Gasteiger partial charge in [-0.15, -0.1) is 0 Å². The molecule has 1 aromatic carbocycles. The summed E-state index contributed by atoms with van der Waals surface area (Å²) in [6.07, 6.45) is 4.73. The summed E-state index contributed by atoms with van der Waals surface area (Å²) >= 11 is 0. The first-order chi connectivity index (χ1) is 8.05. The Morgan fingerprint density at radius 2 is 2.24 bits per heavy atom. The number of fused-ring (bicyclic) bond motifs is 1. The van der Waals surface area contributed by atoms with Crippen molar-refractivity contribution in [1.82, 2.24) is 0 Å². The van der Waals surface area contributed by atoms with Crippen LogP contribution in [0, 0.1) is 0 Å². The number of rotatable bonds is 3. The van der Waals surface area contributed by atoms with Crippen molar-refractivity contribution in [1.29, 1.82) is 0 Å². The molecular weight excluding hydrogens is 210 g/mol. The molecule has 2 atom stereocenters. The molecule has 2 rings (SSSR count). The van der Waals surface area contributed by atoms with E-state index in [0.717, 1.165) is 12.2 Å². The minimum Gasteiger partial charge on any atom is -0.497 e.